The van der Waals surface area contributed by atoms with E-state index in [2.05, 4.69) is 15.3 Å². The van der Waals surface area contributed by atoms with Crippen LogP contribution in [0.25, 0.3) is 11.0 Å². The molecule has 0 unspecified atom stereocenters. The molecular formula is C19H19F3N4O2. The molecule has 0 aliphatic rings. The Hall–Kier alpha value is -3.10. The topological polar surface area (TPSA) is 69.0 Å². The van der Waals surface area contributed by atoms with Gasteiger partial charge in [0.05, 0.1) is 6.04 Å². The van der Waals surface area contributed by atoms with Gasteiger partial charge in [0.15, 0.2) is 17.3 Å². The molecule has 28 heavy (non-hydrogen) atoms. The number of hydrogen-bond acceptors (Lipinski definition) is 5. The minimum atomic E-state index is -1.50. The third kappa shape index (κ3) is 3.92. The van der Waals surface area contributed by atoms with Crippen LogP contribution in [-0.2, 0) is 7.05 Å². The van der Waals surface area contributed by atoms with Gasteiger partial charge in [0, 0.05) is 24.7 Å². The normalized spacial score (nSPS) is 12.8. The summed E-state index contributed by atoms with van der Waals surface area (Å²) in [7, 11) is 1.47. The van der Waals surface area contributed by atoms with Gasteiger partial charge in [0.2, 0.25) is 5.95 Å². The SMILES string of the molecule is C[C@H](Nc1ncc2cc(Oc3ccc(F)cc3F)c(=O)n(C)c2n1)C(C)(C)F. The van der Waals surface area contributed by atoms with Crippen molar-refractivity contribution in [3.63, 3.8) is 0 Å². The molecule has 9 heteroatoms. The van der Waals surface area contributed by atoms with E-state index in [0.717, 1.165) is 12.1 Å². The number of rotatable bonds is 5. The number of fused-ring (bicyclic) bond motifs is 1. The maximum Gasteiger partial charge on any atom is 0.294 e. The highest BCUT2D eigenvalue weighted by Gasteiger charge is 2.25. The number of pyridine rings is 1. The molecule has 1 N–H and O–H groups in total. The third-order valence-corrected chi connectivity index (χ3v) is 4.40. The van der Waals surface area contributed by atoms with Crippen LogP contribution in [0, 0.1) is 11.6 Å². The van der Waals surface area contributed by atoms with E-state index in [-0.39, 0.29) is 17.4 Å². The van der Waals surface area contributed by atoms with Crippen molar-refractivity contribution < 1.29 is 17.9 Å². The van der Waals surface area contributed by atoms with E-state index < -0.39 is 28.9 Å². The molecule has 0 aliphatic heterocycles. The van der Waals surface area contributed by atoms with Crippen LogP contribution < -0.4 is 15.6 Å². The fourth-order valence-corrected chi connectivity index (χ4v) is 2.40. The zero-order chi connectivity index (χ0) is 20.6. The Labute approximate surface area is 159 Å². The minimum absolute atomic E-state index is 0.164. The second-order valence-electron chi connectivity index (χ2n) is 6.95. The Balaban J connectivity index is 1.99. The van der Waals surface area contributed by atoms with Crippen LogP contribution >= 0.6 is 0 Å². The summed E-state index contributed by atoms with van der Waals surface area (Å²) in [5.74, 6) is -1.96. The van der Waals surface area contributed by atoms with Crippen molar-refractivity contribution in [2.75, 3.05) is 5.32 Å². The quantitative estimate of drug-likeness (QED) is 0.712. The number of alkyl halides is 1. The van der Waals surface area contributed by atoms with Gasteiger partial charge in [0.1, 0.15) is 17.1 Å². The van der Waals surface area contributed by atoms with E-state index in [4.69, 9.17) is 4.74 Å². The first-order valence-electron chi connectivity index (χ1n) is 8.51. The summed E-state index contributed by atoms with van der Waals surface area (Å²) in [5, 5.41) is 3.31. The predicted octanol–water partition coefficient (Wildman–Crippen LogP) is 3.95. The summed E-state index contributed by atoms with van der Waals surface area (Å²) < 4.78 is 47.4. The molecule has 6 nitrogen and oxygen atoms in total. The van der Waals surface area contributed by atoms with Crippen LogP contribution in [0.2, 0.25) is 0 Å². The van der Waals surface area contributed by atoms with Crippen molar-refractivity contribution in [1.82, 2.24) is 14.5 Å². The Bertz CT molecular complexity index is 1090. The second kappa shape index (κ2) is 7.14. The zero-order valence-electron chi connectivity index (χ0n) is 15.8. The fraction of sp³-hybridized carbons (Fsp3) is 0.316. The average Bonchev–Trinajstić information content (AvgIpc) is 2.61. The lowest BCUT2D eigenvalue weighted by Crippen LogP contribution is -2.36. The van der Waals surface area contributed by atoms with Crippen LogP contribution in [0.5, 0.6) is 11.5 Å². The number of benzene rings is 1. The summed E-state index contributed by atoms with van der Waals surface area (Å²) >= 11 is 0. The van der Waals surface area contributed by atoms with Crippen LogP contribution in [0.15, 0.2) is 35.3 Å². The Morgan fingerprint density at radius 1 is 1.21 bits per heavy atom. The molecule has 0 aliphatic carbocycles. The van der Waals surface area contributed by atoms with Gasteiger partial charge >= 0.3 is 0 Å². The Morgan fingerprint density at radius 2 is 1.93 bits per heavy atom. The Kier molecular flexibility index (Phi) is 5.01. The van der Waals surface area contributed by atoms with Crippen LogP contribution in [-0.4, -0.2) is 26.2 Å². The maximum absolute atomic E-state index is 14.0. The molecule has 2 heterocycles. The van der Waals surface area contributed by atoms with Gasteiger partial charge in [-0.25, -0.2) is 18.2 Å². The molecule has 0 radical (unpaired) electrons. The highest BCUT2D eigenvalue weighted by Crippen LogP contribution is 2.25. The van der Waals surface area contributed by atoms with Crippen molar-refractivity contribution in [1.29, 1.82) is 0 Å². The van der Waals surface area contributed by atoms with Crippen molar-refractivity contribution in [3.05, 3.63) is 52.5 Å². The molecule has 0 amide bonds. The molecule has 148 valence electrons. The monoisotopic (exact) mass is 392 g/mol. The van der Waals surface area contributed by atoms with Gasteiger partial charge in [-0.1, -0.05) is 0 Å². The molecule has 1 atom stereocenters. The van der Waals surface area contributed by atoms with E-state index in [0.29, 0.717) is 17.1 Å². The lowest BCUT2D eigenvalue weighted by atomic mass is 10.0. The van der Waals surface area contributed by atoms with Crippen LogP contribution in [0.1, 0.15) is 20.8 Å². The molecule has 2 aromatic heterocycles. The van der Waals surface area contributed by atoms with Crippen LogP contribution in [0.3, 0.4) is 0 Å². The number of ether oxygens (including phenoxy) is 1. The van der Waals surface area contributed by atoms with E-state index in [1.54, 1.807) is 6.92 Å². The fourth-order valence-electron chi connectivity index (χ4n) is 2.40. The number of nitrogens with one attached hydrogen (secondary N) is 1. The summed E-state index contributed by atoms with van der Waals surface area (Å²) in [5.41, 5.74) is -1.78. The summed E-state index contributed by atoms with van der Waals surface area (Å²) in [6.45, 7) is 4.51. The van der Waals surface area contributed by atoms with Crippen molar-refractivity contribution in [2.45, 2.75) is 32.5 Å². The molecule has 0 fully saturated rings. The van der Waals surface area contributed by atoms with E-state index in [9.17, 15) is 18.0 Å². The van der Waals surface area contributed by atoms with E-state index >= 15 is 0 Å². The largest absolute Gasteiger partial charge is 0.448 e. The van der Waals surface area contributed by atoms with E-state index in [1.807, 2.05) is 0 Å². The van der Waals surface area contributed by atoms with Gasteiger partial charge in [0.25, 0.3) is 5.56 Å². The first-order valence-corrected chi connectivity index (χ1v) is 8.51. The zero-order valence-corrected chi connectivity index (χ0v) is 15.8. The van der Waals surface area contributed by atoms with Gasteiger partial charge in [-0.05, 0) is 39.0 Å². The van der Waals surface area contributed by atoms with Crippen molar-refractivity contribution >= 4 is 17.0 Å². The first-order chi connectivity index (χ1) is 13.1. The number of aromatic nitrogens is 3. The average molecular weight is 392 g/mol. The minimum Gasteiger partial charge on any atom is -0.448 e. The third-order valence-electron chi connectivity index (χ3n) is 4.40. The summed E-state index contributed by atoms with van der Waals surface area (Å²) in [6.07, 6.45) is 1.44. The number of hydrogen-bond donors (Lipinski definition) is 1. The smallest absolute Gasteiger partial charge is 0.294 e. The maximum atomic E-state index is 14.0. The van der Waals surface area contributed by atoms with Crippen molar-refractivity contribution in [2.24, 2.45) is 7.05 Å². The molecular weight excluding hydrogens is 373 g/mol. The molecule has 3 rings (SSSR count). The molecule has 0 saturated carbocycles. The van der Waals surface area contributed by atoms with Gasteiger partial charge < -0.3 is 10.1 Å². The molecule has 0 saturated heterocycles. The van der Waals surface area contributed by atoms with Crippen LogP contribution in [0.4, 0.5) is 19.1 Å². The molecule has 1 aromatic carbocycles. The number of anilines is 1. The second-order valence-corrected chi connectivity index (χ2v) is 6.95. The van der Waals surface area contributed by atoms with Crippen molar-refractivity contribution in [3.8, 4) is 11.5 Å². The molecule has 3 aromatic rings. The number of aryl methyl sites for hydroxylation is 1. The van der Waals surface area contributed by atoms with Gasteiger partial charge in [-0.15, -0.1) is 0 Å². The van der Waals surface area contributed by atoms with Gasteiger partial charge in [-0.2, -0.15) is 4.98 Å². The predicted molar refractivity (Wildman–Crippen MR) is 99.5 cm³/mol. The molecule has 0 bridgehead atoms. The standard InChI is InChI=1S/C19H19F3N4O2/c1-10(19(2,3)22)24-18-23-9-11-7-15(17(27)26(4)16(11)25-18)28-14-6-5-12(20)8-13(14)21/h5-10H,1-4H3,(H,23,24,25)/t10-/m0/s1. The number of nitrogens with zero attached hydrogens (tertiary/aromatic N) is 3. The highest BCUT2D eigenvalue weighted by atomic mass is 19.1. The lowest BCUT2D eigenvalue weighted by Gasteiger charge is -2.24. The number of halogens is 3. The van der Waals surface area contributed by atoms with E-state index in [1.165, 1.54) is 37.7 Å². The summed E-state index contributed by atoms with van der Waals surface area (Å²) in [4.78, 5) is 20.9. The Morgan fingerprint density at radius 3 is 2.57 bits per heavy atom. The van der Waals surface area contributed by atoms with Gasteiger partial charge in [-0.3, -0.25) is 9.36 Å². The highest BCUT2D eigenvalue weighted by molar-refractivity contribution is 5.76. The lowest BCUT2D eigenvalue weighted by molar-refractivity contribution is 0.192. The first kappa shape index (κ1) is 19.7. The molecule has 0 spiro atoms. The summed E-state index contributed by atoms with van der Waals surface area (Å²) in [6, 6.07) is 3.59.